The lowest BCUT2D eigenvalue weighted by molar-refractivity contribution is -0.131. The summed E-state index contributed by atoms with van der Waals surface area (Å²) in [6.45, 7) is 1.73. The van der Waals surface area contributed by atoms with Crippen molar-refractivity contribution in [3.05, 3.63) is 44.5 Å². The van der Waals surface area contributed by atoms with Gasteiger partial charge in [0.1, 0.15) is 10.7 Å². The van der Waals surface area contributed by atoms with Crippen LogP contribution in [-0.4, -0.2) is 26.3 Å². The van der Waals surface area contributed by atoms with Crippen LogP contribution in [0.5, 0.6) is 0 Å². The minimum Gasteiger partial charge on any atom is -0.477 e. The third-order valence-electron chi connectivity index (χ3n) is 2.26. The largest absolute Gasteiger partial charge is 0.477 e. The van der Waals surface area contributed by atoms with E-state index >= 15 is 0 Å². The molecule has 8 heteroatoms. The summed E-state index contributed by atoms with van der Waals surface area (Å²) < 4.78 is 0. The van der Waals surface area contributed by atoms with Crippen LogP contribution in [0.3, 0.4) is 0 Å². The highest BCUT2D eigenvalue weighted by atomic mass is 35.5. The van der Waals surface area contributed by atoms with Gasteiger partial charge in [-0.1, -0.05) is 35.3 Å². The van der Waals surface area contributed by atoms with Crippen molar-refractivity contribution in [2.45, 2.75) is 12.1 Å². The third kappa shape index (κ3) is 3.53. The predicted molar refractivity (Wildman–Crippen MR) is 79.1 cm³/mol. The average molecular weight is 330 g/mol. The van der Waals surface area contributed by atoms with Crippen LogP contribution in [-0.2, 0) is 4.79 Å². The number of rotatable bonds is 4. The number of carboxylic acid groups (broad SMARTS) is 1. The van der Waals surface area contributed by atoms with Gasteiger partial charge in [0.25, 0.3) is 0 Å². The smallest absolute Gasteiger partial charge is 0.342 e. The van der Waals surface area contributed by atoms with Crippen LogP contribution in [0, 0.1) is 6.92 Å². The maximum absolute atomic E-state index is 11.3. The summed E-state index contributed by atoms with van der Waals surface area (Å²) in [6.07, 6.45) is 1.44. The zero-order valence-corrected chi connectivity index (χ0v) is 12.6. The van der Waals surface area contributed by atoms with Gasteiger partial charge >= 0.3 is 5.97 Å². The van der Waals surface area contributed by atoms with Crippen molar-refractivity contribution < 1.29 is 9.90 Å². The van der Waals surface area contributed by atoms with Crippen molar-refractivity contribution in [2.24, 2.45) is 0 Å². The lowest BCUT2D eigenvalue weighted by Gasteiger charge is -2.03. The second kappa shape index (κ2) is 6.30. The Morgan fingerprint density at radius 2 is 2.20 bits per heavy atom. The fourth-order valence-corrected chi connectivity index (χ4v) is 2.48. The van der Waals surface area contributed by atoms with Crippen LogP contribution in [0.15, 0.2) is 28.3 Å². The van der Waals surface area contributed by atoms with Crippen LogP contribution in [0.1, 0.15) is 11.4 Å². The zero-order chi connectivity index (χ0) is 14.7. The van der Waals surface area contributed by atoms with E-state index in [0.29, 0.717) is 26.6 Å². The molecule has 104 valence electrons. The minimum atomic E-state index is -1.09. The number of carbonyl (C=O) groups is 1. The first-order valence-corrected chi connectivity index (χ1v) is 7.00. The molecular formula is C12H9Cl2N3O2S. The molecule has 1 heterocycles. The number of nitrogens with zero attached hydrogens (tertiary/aromatic N) is 2. The van der Waals surface area contributed by atoms with Crippen LogP contribution < -0.4 is 0 Å². The molecule has 5 nitrogen and oxygen atoms in total. The molecule has 1 aromatic carbocycles. The lowest BCUT2D eigenvalue weighted by Crippen LogP contribution is -1.97. The zero-order valence-electron chi connectivity index (χ0n) is 10.2. The van der Waals surface area contributed by atoms with Crippen molar-refractivity contribution in [2.75, 3.05) is 0 Å². The van der Waals surface area contributed by atoms with Gasteiger partial charge in [0.15, 0.2) is 0 Å². The fraction of sp³-hybridized carbons (Fsp3) is 0.0833. The first kappa shape index (κ1) is 14.9. The summed E-state index contributed by atoms with van der Waals surface area (Å²) in [5.41, 5.74) is 0.524. The summed E-state index contributed by atoms with van der Waals surface area (Å²) in [6, 6.07) is 5.01. The molecule has 0 amide bonds. The molecule has 0 aliphatic rings. The normalized spacial score (nSPS) is 11.7. The number of hydrogen-bond donors (Lipinski definition) is 2. The fourth-order valence-electron chi connectivity index (χ4n) is 1.37. The van der Waals surface area contributed by atoms with Gasteiger partial charge in [-0.2, -0.15) is 0 Å². The Bertz CT molecular complexity index is 685. The van der Waals surface area contributed by atoms with Gasteiger partial charge < -0.3 is 5.11 Å². The number of aryl methyl sites for hydroxylation is 1. The molecule has 2 aromatic rings. The molecule has 0 atom stereocenters. The molecule has 1 aromatic heterocycles. The summed E-state index contributed by atoms with van der Waals surface area (Å²) in [5.74, 6) is -0.480. The molecule has 0 aliphatic carbocycles. The van der Waals surface area contributed by atoms with Gasteiger partial charge in [-0.25, -0.2) is 9.78 Å². The lowest BCUT2D eigenvalue weighted by atomic mass is 10.2. The molecule has 20 heavy (non-hydrogen) atoms. The molecule has 0 radical (unpaired) electrons. The van der Waals surface area contributed by atoms with Gasteiger partial charge in [0.05, 0.1) is 10.0 Å². The Balaban J connectivity index is 2.35. The number of carboxylic acids is 1. The van der Waals surface area contributed by atoms with E-state index in [1.54, 1.807) is 25.1 Å². The topological polar surface area (TPSA) is 78.9 Å². The molecule has 0 saturated carbocycles. The third-order valence-corrected chi connectivity index (χ3v) is 3.97. The molecule has 0 aliphatic heterocycles. The number of aliphatic carboxylic acids is 1. The number of nitrogens with one attached hydrogen (secondary N) is 1. The van der Waals surface area contributed by atoms with E-state index in [0.717, 1.165) is 11.8 Å². The van der Waals surface area contributed by atoms with Crippen LogP contribution in [0.25, 0.3) is 6.08 Å². The van der Waals surface area contributed by atoms with Crippen molar-refractivity contribution >= 4 is 47.0 Å². The van der Waals surface area contributed by atoms with Gasteiger partial charge in [0.2, 0.25) is 5.16 Å². The average Bonchev–Trinajstić information content (AvgIpc) is 2.79. The Labute approximate surface area is 129 Å². The number of aromatic amines is 1. The second-order valence-corrected chi connectivity index (χ2v) is 5.56. The van der Waals surface area contributed by atoms with E-state index in [-0.39, 0.29) is 4.91 Å². The number of benzene rings is 1. The summed E-state index contributed by atoms with van der Waals surface area (Å²) >= 11 is 12.9. The van der Waals surface area contributed by atoms with E-state index in [1.165, 1.54) is 6.08 Å². The number of aromatic nitrogens is 3. The maximum atomic E-state index is 11.3. The Morgan fingerprint density at radius 3 is 2.80 bits per heavy atom. The van der Waals surface area contributed by atoms with Gasteiger partial charge in [-0.3, -0.25) is 5.10 Å². The van der Waals surface area contributed by atoms with Gasteiger partial charge in [-0.05, 0) is 36.4 Å². The van der Waals surface area contributed by atoms with E-state index in [2.05, 4.69) is 15.2 Å². The van der Waals surface area contributed by atoms with Crippen molar-refractivity contribution in [1.82, 2.24) is 15.2 Å². The molecular weight excluding hydrogens is 321 g/mol. The van der Waals surface area contributed by atoms with Crippen molar-refractivity contribution in [3.63, 3.8) is 0 Å². The summed E-state index contributed by atoms with van der Waals surface area (Å²) in [7, 11) is 0. The molecule has 0 unspecified atom stereocenters. The first-order chi connectivity index (χ1) is 9.47. The second-order valence-electron chi connectivity index (χ2n) is 3.76. The van der Waals surface area contributed by atoms with Crippen LogP contribution in [0.4, 0.5) is 0 Å². The Kier molecular flexibility index (Phi) is 4.69. The number of H-pyrrole nitrogens is 1. The molecule has 2 rings (SSSR count). The predicted octanol–water partition coefficient (Wildman–Crippen LogP) is 3.64. The molecule has 0 spiro atoms. The quantitative estimate of drug-likeness (QED) is 0.661. The first-order valence-electron chi connectivity index (χ1n) is 5.43. The molecule has 0 bridgehead atoms. The van der Waals surface area contributed by atoms with Crippen molar-refractivity contribution in [3.8, 4) is 0 Å². The Hall–Kier alpha value is -1.50. The molecule has 2 N–H and O–H groups in total. The minimum absolute atomic E-state index is 0.0492. The standard InChI is InChI=1S/C12H9Cl2N3O2S/c1-6-15-12(17-16-6)20-9(11(18)19)5-7-3-2-4-8(13)10(7)14/h2-5H,1H3,(H,18,19)(H,15,16,17)/b9-5-. The Morgan fingerprint density at radius 1 is 1.45 bits per heavy atom. The van der Waals surface area contributed by atoms with E-state index < -0.39 is 5.97 Å². The van der Waals surface area contributed by atoms with E-state index in [4.69, 9.17) is 23.2 Å². The maximum Gasteiger partial charge on any atom is 0.342 e. The van der Waals surface area contributed by atoms with Crippen LogP contribution in [0.2, 0.25) is 10.0 Å². The summed E-state index contributed by atoms with van der Waals surface area (Å²) in [4.78, 5) is 15.4. The van der Waals surface area contributed by atoms with Gasteiger partial charge in [-0.15, -0.1) is 5.10 Å². The van der Waals surface area contributed by atoms with Crippen LogP contribution >= 0.6 is 35.0 Å². The van der Waals surface area contributed by atoms with Crippen molar-refractivity contribution in [1.29, 1.82) is 0 Å². The highest BCUT2D eigenvalue weighted by molar-refractivity contribution is 8.04. The number of halogens is 2. The number of hydrogen-bond acceptors (Lipinski definition) is 4. The number of thioether (sulfide) groups is 1. The van der Waals surface area contributed by atoms with E-state index in [9.17, 15) is 9.90 Å². The molecule has 0 saturated heterocycles. The highest BCUT2D eigenvalue weighted by Crippen LogP contribution is 2.31. The monoisotopic (exact) mass is 329 g/mol. The molecule has 0 fully saturated rings. The van der Waals surface area contributed by atoms with E-state index in [1.807, 2.05) is 0 Å². The summed E-state index contributed by atoms with van der Waals surface area (Å²) in [5, 5.41) is 16.8. The van der Waals surface area contributed by atoms with Gasteiger partial charge in [0, 0.05) is 0 Å². The highest BCUT2D eigenvalue weighted by Gasteiger charge is 2.14. The SMILES string of the molecule is Cc1nc(S/C(=C\c2cccc(Cl)c2Cl)C(=O)O)n[nH]1.